The fraction of sp³-hybridized carbons (Fsp3) is 0.222. The Kier molecular flexibility index (Phi) is 4.51. The van der Waals surface area contributed by atoms with Crippen LogP contribution in [0.2, 0.25) is 15.1 Å². The molecule has 0 aromatic heterocycles. The largest absolute Gasteiger partial charge is 0.482 e. The molecule has 0 aliphatic carbocycles. The van der Waals surface area contributed by atoms with Crippen LogP contribution in [-0.2, 0) is 4.79 Å². The van der Waals surface area contributed by atoms with Crippen LogP contribution in [-0.4, -0.2) is 19.6 Å². The summed E-state index contributed by atoms with van der Waals surface area (Å²) in [5, 5.41) is 3.40. The third-order valence-corrected chi connectivity index (χ3v) is 2.63. The van der Waals surface area contributed by atoms with Crippen LogP contribution in [0.1, 0.15) is 0 Å². The molecule has 0 unspecified atom stereocenters. The van der Waals surface area contributed by atoms with Gasteiger partial charge in [-0.25, -0.2) is 0 Å². The van der Waals surface area contributed by atoms with Gasteiger partial charge in [-0.05, 0) is 6.07 Å². The van der Waals surface area contributed by atoms with Crippen LogP contribution in [0.4, 0.5) is 0 Å². The van der Waals surface area contributed by atoms with E-state index in [4.69, 9.17) is 39.5 Å². The van der Waals surface area contributed by atoms with Crippen LogP contribution in [0.15, 0.2) is 12.1 Å². The van der Waals surface area contributed by atoms with Crippen molar-refractivity contribution in [3.05, 3.63) is 27.2 Å². The minimum Gasteiger partial charge on any atom is -0.482 e. The van der Waals surface area contributed by atoms with Crippen LogP contribution >= 0.6 is 34.8 Å². The van der Waals surface area contributed by atoms with Crippen LogP contribution in [0.5, 0.6) is 5.75 Å². The van der Waals surface area contributed by atoms with Crippen LogP contribution < -0.4 is 10.1 Å². The molecule has 1 N–H and O–H groups in total. The Hall–Kier alpha value is -0.640. The maximum absolute atomic E-state index is 10.9. The van der Waals surface area contributed by atoms with Crippen molar-refractivity contribution in [2.75, 3.05) is 13.7 Å². The smallest absolute Gasteiger partial charge is 0.257 e. The van der Waals surface area contributed by atoms with Crippen molar-refractivity contribution < 1.29 is 9.53 Å². The quantitative estimate of drug-likeness (QED) is 0.856. The van der Waals surface area contributed by atoms with Gasteiger partial charge >= 0.3 is 0 Å². The van der Waals surface area contributed by atoms with Crippen molar-refractivity contribution in [2.24, 2.45) is 0 Å². The molecule has 0 aliphatic heterocycles. The molecule has 15 heavy (non-hydrogen) atoms. The molecule has 0 saturated heterocycles. The molecule has 0 heterocycles. The molecular formula is C9H8Cl3NO2. The Balaban J connectivity index is 2.77. The molecule has 82 valence electrons. The monoisotopic (exact) mass is 267 g/mol. The van der Waals surface area contributed by atoms with Gasteiger partial charge in [0.15, 0.2) is 6.61 Å². The third-order valence-electron chi connectivity index (χ3n) is 1.61. The number of amides is 1. The minimum atomic E-state index is -0.253. The van der Waals surface area contributed by atoms with E-state index in [2.05, 4.69) is 5.32 Å². The fourth-order valence-corrected chi connectivity index (χ4v) is 1.42. The number of rotatable bonds is 3. The number of carbonyl (C=O) groups is 1. The maximum Gasteiger partial charge on any atom is 0.257 e. The summed E-state index contributed by atoms with van der Waals surface area (Å²) in [5.41, 5.74) is 0. The van der Waals surface area contributed by atoms with Crippen molar-refractivity contribution in [3.63, 3.8) is 0 Å². The number of likely N-dealkylation sites (N-methyl/N-ethyl adjacent to an activating group) is 1. The summed E-state index contributed by atoms with van der Waals surface area (Å²) >= 11 is 17.3. The van der Waals surface area contributed by atoms with Crippen molar-refractivity contribution in [1.29, 1.82) is 0 Å². The highest BCUT2D eigenvalue weighted by atomic mass is 35.5. The van der Waals surface area contributed by atoms with E-state index >= 15 is 0 Å². The van der Waals surface area contributed by atoms with Gasteiger partial charge < -0.3 is 10.1 Å². The van der Waals surface area contributed by atoms with Crippen LogP contribution in [0, 0.1) is 0 Å². The molecule has 0 atom stereocenters. The summed E-state index contributed by atoms with van der Waals surface area (Å²) in [6.45, 7) is -0.117. The summed E-state index contributed by atoms with van der Waals surface area (Å²) in [4.78, 5) is 10.9. The average Bonchev–Trinajstić information content (AvgIpc) is 2.21. The highest BCUT2D eigenvalue weighted by Crippen LogP contribution is 2.33. The Morgan fingerprint density at radius 2 is 1.87 bits per heavy atom. The standard InChI is InChI=1S/C9H8Cl3NO2/c1-13-9(14)4-15-8-3-6(11)5(10)2-7(8)12/h2-3H,4H2,1H3,(H,13,14). The second kappa shape index (κ2) is 5.45. The molecule has 1 amide bonds. The molecule has 1 rings (SSSR count). The van der Waals surface area contributed by atoms with E-state index in [1.54, 1.807) is 0 Å². The molecule has 0 aliphatic rings. The second-order valence-corrected chi connectivity index (χ2v) is 3.88. The van der Waals surface area contributed by atoms with Crippen LogP contribution in [0.3, 0.4) is 0 Å². The summed E-state index contributed by atoms with van der Waals surface area (Å²) in [7, 11) is 1.52. The fourth-order valence-electron chi connectivity index (χ4n) is 0.830. The zero-order chi connectivity index (χ0) is 11.4. The molecular weight excluding hydrogens is 260 g/mol. The highest BCUT2D eigenvalue weighted by molar-refractivity contribution is 6.43. The third kappa shape index (κ3) is 3.45. The van der Waals surface area contributed by atoms with Gasteiger partial charge in [-0.3, -0.25) is 4.79 Å². The van der Waals surface area contributed by atoms with Crippen molar-refractivity contribution >= 4 is 40.7 Å². The van der Waals surface area contributed by atoms with Crippen LogP contribution in [0.25, 0.3) is 0 Å². The first kappa shape index (κ1) is 12.4. The van der Waals surface area contributed by atoms with E-state index in [1.807, 2.05) is 0 Å². The lowest BCUT2D eigenvalue weighted by Crippen LogP contribution is -2.24. The molecule has 0 spiro atoms. The molecule has 0 bridgehead atoms. The zero-order valence-corrected chi connectivity index (χ0v) is 10.1. The lowest BCUT2D eigenvalue weighted by molar-refractivity contribution is -0.122. The lowest BCUT2D eigenvalue weighted by atomic mass is 10.3. The summed E-state index contributed by atoms with van der Waals surface area (Å²) in [5.74, 6) is 0.0757. The Morgan fingerprint density at radius 3 is 2.47 bits per heavy atom. The topological polar surface area (TPSA) is 38.3 Å². The molecule has 1 aromatic carbocycles. The second-order valence-electron chi connectivity index (χ2n) is 2.66. The summed E-state index contributed by atoms with van der Waals surface area (Å²) in [6.07, 6.45) is 0. The van der Waals surface area contributed by atoms with Gasteiger partial charge in [-0.1, -0.05) is 34.8 Å². The number of ether oxygens (including phenoxy) is 1. The number of benzene rings is 1. The molecule has 0 fully saturated rings. The molecule has 6 heteroatoms. The number of halogens is 3. The number of nitrogens with one attached hydrogen (secondary N) is 1. The van der Waals surface area contributed by atoms with E-state index < -0.39 is 0 Å². The number of carbonyl (C=O) groups excluding carboxylic acids is 1. The van der Waals surface area contributed by atoms with Gasteiger partial charge in [0.1, 0.15) is 5.75 Å². The van der Waals surface area contributed by atoms with E-state index in [0.717, 1.165) is 0 Å². The van der Waals surface area contributed by atoms with Gasteiger partial charge in [0.2, 0.25) is 0 Å². The summed E-state index contributed by atoms with van der Waals surface area (Å²) in [6, 6.07) is 2.93. The first-order chi connectivity index (χ1) is 7.04. The molecule has 3 nitrogen and oxygen atoms in total. The molecule has 0 saturated carbocycles. The molecule has 1 aromatic rings. The first-order valence-corrected chi connectivity index (χ1v) is 5.16. The lowest BCUT2D eigenvalue weighted by Gasteiger charge is -2.08. The Labute approximate surface area is 102 Å². The molecule has 0 radical (unpaired) electrons. The predicted octanol–water partition coefficient (Wildman–Crippen LogP) is 2.77. The Bertz CT molecular complexity index is 382. The van der Waals surface area contributed by atoms with Gasteiger partial charge in [-0.2, -0.15) is 0 Å². The SMILES string of the molecule is CNC(=O)COc1cc(Cl)c(Cl)cc1Cl. The zero-order valence-electron chi connectivity index (χ0n) is 7.81. The van der Waals surface area contributed by atoms with Gasteiger partial charge in [0, 0.05) is 13.1 Å². The Morgan fingerprint density at radius 1 is 1.27 bits per heavy atom. The maximum atomic E-state index is 10.9. The number of hydrogen-bond donors (Lipinski definition) is 1. The van der Waals surface area contributed by atoms with E-state index in [0.29, 0.717) is 20.8 Å². The highest BCUT2D eigenvalue weighted by Gasteiger charge is 2.08. The first-order valence-electron chi connectivity index (χ1n) is 4.02. The van der Waals surface area contributed by atoms with E-state index in [-0.39, 0.29) is 12.5 Å². The minimum absolute atomic E-state index is 0.117. The van der Waals surface area contributed by atoms with Gasteiger partial charge in [-0.15, -0.1) is 0 Å². The predicted molar refractivity (Wildman–Crippen MR) is 61.0 cm³/mol. The van der Waals surface area contributed by atoms with E-state index in [9.17, 15) is 4.79 Å². The van der Waals surface area contributed by atoms with Gasteiger partial charge in [0.25, 0.3) is 5.91 Å². The van der Waals surface area contributed by atoms with Crippen molar-refractivity contribution in [3.8, 4) is 5.75 Å². The van der Waals surface area contributed by atoms with Crippen molar-refractivity contribution in [2.45, 2.75) is 0 Å². The average molecular weight is 269 g/mol. The number of hydrogen-bond acceptors (Lipinski definition) is 2. The summed E-state index contributed by atoms with van der Waals surface area (Å²) < 4.78 is 5.14. The van der Waals surface area contributed by atoms with Gasteiger partial charge in [0.05, 0.1) is 15.1 Å². The van der Waals surface area contributed by atoms with E-state index in [1.165, 1.54) is 19.2 Å². The normalized spacial score (nSPS) is 9.87. The van der Waals surface area contributed by atoms with Crippen molar-refractivity contribution in [1.82, 2.24) is 5.32 Å².